The molecule has 0 spiro atoms. The third-order valence-corrected chi connectivity index (χ3v) is 15.5. The van der Waals surface area contributed by atoms with Crippen molar-refractivity contribution in [2.75, 3.05) is 4.90 Å². The van der Waals surface area contributed by atoms with E-state index in [1.807, 2.05) is 26.1 Å². The fourth-order valence-corrected chi connectivity index (χ4v) is 11.7. The molecule has 378 valence electrons. The Morgan fingerprint density at radius 2 is 1.14 bits per heavy atom. The standard InChI is InChI=1S/C72H64N4O/c1-46(2)37-47-38-50(40-52(39-47)72(6,7)8)56-27-17-28-62-59-25-14-12-23-57(59)58-24-13-15-26-60(58)63-29-18-30-66-70(63)75(69(56)62)45-74(66)53-21-16-22-54(43-53)77-55-32-33-61-64-41-49(48-19-10-9-11-20-48)31-34-65(64)76(67(61)44-55)68-42-51(35-36-73-68)71(3,4)5/h9-36,38-44,46H,37,45H2,1-8H3/i37D2. The summed E-state index contributed by atoms with van der Waals surface area (Å²) in [5, 5.41) is 9.18. The first-order valence-corrected chi connectivity index (χ1v) is 27.1. The second-order valence-corrected chi connectivity index (χ2v) is 23.2. The van der Waals surface area contributed by atoms with Crippen LogP contribution in [0.15, 0.2) is 212 Å². The Bertz CT molecular complexity index is 4480. The molecular formula is C72H64N4O. The van der Waals surface area contributed by atoms with E-state index in [4.69, 9.17) is 9.72 Å². The highest BCUT2D eigenvalue weighted by atomic mass is 16.5. The predicted octanol–water partition coefficient (Wildman–Crippen LogP) is 19.7. The van der Waals surface area contributed by atoms with Crippen LogP contribution in [0.3, 0.4) is 0 Å². The van der Waals surface area contributed by atoms with Crippen molar-refractivity contribution in [3.05, 3.63) is 229 Å². The molecular weight excluding hydrogens is 937 g/mol. The molecule has 0 bridgehead atoms. The van der Waals surface area contributed by atoms with Gasteiger partial charge < -0.3 is 14.2 Å². The quantitative estimate of drug-likeness (QED) is 0.152. The van der Waals surface area contributed by atoms with Gasteiger partial charge in [0.2, 0.25) is 0 Å². The largest absolute Gasteiger partial charge is 0.457 e. The minimum atomic E-state index is -1.55. The number of aromatic nitrogens is 3. The van der Waals surface area contributed by atoms with Crippen LogP contribution in [0.4, 0.5) is 11.4 Å². The molecule has 0 radical (unpaired) electrons. The number of hydrogen-bond donors (Lipinski definition) is 0. The molecule has 0 fully saturated rings. The van der Waals surface area contributed by atoms with Gasteiger partial charge >= 0.3 is 0 Å². The van der Waals surface area contributed by atoms with E-state index in [2.05, 4.69) is 256 Å². The summed E-state index contributed by atoms with van der Waals surface area (Å²) in [5.74, 6) is 2.09. The lowest BCUT2D eigenvalue weighted by molar-refractivity contribution is 0.483. The van der Waals surface area contributed by atoms with Crippen molar-refractivity contribution >= 4 is 76.5 Å². The summed E-state index contributed by atoms with van der Waals surface area (Å²) in [6.07, 6.45) is 0.380. The Balaban J connectivity index is 0.994. The number of fused-ring (bicyclic) bond motifs is 10. The number of anilines is 2. The summed E-state index contributed by atoms with van der Waals surface area (Å²) in [7, 11) is 0. The van der Waals surface area contributed by atoms with Crippen molar-refractivity contribution in [3.63, 3.8) is 0 Å². The predicted molar refractivity (Wildman–Crippen MR) is 326 cm³/mol. The monoisotopic (exact) mass is 1000 g/mol. The van der Waals surface area contributed by atoms with Crippen LogP contribution in [-0.4, -0.2) is 14.1 Å². The van der Waals surface area contributed by atoms with Crippen LogP contribution in [0, 0.1) is 5.92 Å². The number of nitrogens with zero attached hydrogens (tertiary/aromatic N) is 4. The van der Waals surface area contributed by atoms with Crippen LogP contribution in [0.5, 0.6) is 11.5 Å². The van der Waals surface area contributed by atoms with E-state index in [-0.39, 0.29) is 16.7 Å². The summed E-state index contributed by atoms with van der Waals surface area (Å²) in [5.41, 5.74) is 13.5. The number of pyridine rings is 1. The summed E-state index contributed by atoms with van der Waals surface area (Å²) in [4.78, 5) is 7.41. The van der Waals surface area contributed by atoms with Gasteiger partial charge in [-0.2, -0.15) is 0 Å². The van der Waals surface area contributed by atoms with Gasteiger partial charge in [0.1, 0.15) is 24.0 Å². The first-order chi connectivity index (χ1) is 38.0. The van der Waals surface area contributed by atoms with Gasteiger partial charge in [0.05, 0.1) is 27.8 Å². The summed E-state index contributed by atoms with van der Waals surface area (Å²) < 4.78 is 30.6. The third-order valence-electron chi connectivity index (χ3n) is 15.5. The molecule has 3 aromatic heterocycles. The van der Waals surface area contributed by atoms with E-state index in [9.17, 15) is 2.74 Å². The molecule has 1 aliphatic rings. The van der Waals surface area contributed by atoms with E-state index in [0.29, 0.717) is 12.2 Å². The average molecular weight is 1000 g/mol. The van der Waals surface area contributed by atoms with Gasteiger partial charge in [-0.3, -0.25) is 4.57 Å². The lowest BCUT2D eigenvalue weighted by Gasteiger charge is -2.23. The van der Waals surface area contributed by atoms with Crippen LogP contribution >= 0.6 is 0 Å². The zero-order valence-electron chi connectivity index (χ0n) is 47.2. The molecule has 1 aliphatic heterocycles. The van der Waals surface area contributed by atoms with Gasteiger partial charge in [-0.25, -0.2) is 4.98 Å². The Kier molecular flexibility index (Phi) is 11.0. The molecule has 0 atom stereocenters. The number of ether oxygens (including phenoxy) is 1. The first kappa shape index (κ1) is 45.7. The summed E-state index contributed by atoms with van der Waals surface area (Å²) in [6.45, 7) is 17.8. The molecule has 5 heteroatoms. The number of para-hydroxylation sites is 2. The smallest absolute Gasteiger partial charge is 0.137 e. The van der Waals surface area contributed by atoms with Crippen LogP contribution < -0.4 is 9.64 Å². The van der Waals surface area contributed by atoms with Gasteiger partial charge in [-0.1, -0.05) is 195 Å². The normalized spacial score (nSPS) is 13.3. The Morgan fingerprint density at radius 3 is 1.86 bits per heavy atom. The van der Waals surface area contributed by atoms with E-state index in [1.165, 1.54) is 21.9 Å². The Morgan fingerprint density at radius 1 is 0.494 bits per heavy atom. The van der Waals surface area contributed by atoms with Crippen molar-refractivity contribution in [1.82, 2.24) is 14.1 Å². The summed E-state index contributed by atoms with van der Waals surface area (Å²) >= 11 is 0. The number of rotatable bonds is 8. The number of benzene rings is 9. The lowest BCUT2D eigenvalue weighted by atomic mass is 9.83. The molecule has 0 amide bonds. The third kappa shape index (κ3) is 8.55. The molecule has 77 heavy (non-hydrogen) atoms. The zero-order valence-corrected chi connectivity index (χ0v) is 45.2. The molecule has 13 rings (SSSR count). The van der Waals surface area contributed by atoms with Crippen molar-refractivity contribution in [3.8, 4) is 39.6 Å². The molecule has 0 aliphatic carbocycles. The molecule has 5 nitrogen and oxygen atoms in total. The molecule has 0 N–H and O–H groups in total. The first-order valence-electron chi connectivity index (χ1n) is 28.1. The van der Waals surface area contributed by atoms with Crippen molar-refractivity contribution in [1.29, 1.82) is 0 Å². The van der Waals surface area contributed by atoms with Gasteiger partial charge in [-0.15, -0.1) is 0 Å². The lowest BCUT2D eigenvalue weighted by Crippen LogP contribution is -2.15. The minimum Gasteiger partial charge on any atom is -0.457 e. The second-order valence-electron chi connectivity index (χ2n) is 23.2. The van der Waals surface area contributed by atoms with Gasteiger partial charge in [0.25, 0.3) is 0 Å². The van der Waals surface area contributed by atoms with Gasteiger partial charge in [-0.05, 0) is 133 Å². The maximum absolute atomic E-state index is 9.42. The average Bonchev–Trinajstić information content (AvgIpc) is 3.93. The molecule has 9 aromatic carbocycles. The molecule has 0 saturated carbocycles. The highest BCUT2D eigenvalue weighted by Crippen LogP contribution is 2.46. The maximum atomic E-state index is 9.42. The summed E-state index contributed by atoms with van der Waals surface area (Å²) in [6, 6.07) is 74.1. The molecule has 0 unspecified atom stereocenters. The number of hydrogen-bond acceptors (Lipinski definition) is 3. The maximum Gasteiger partial charge on any atom is 0.137 e. The van der Waals surface area contributed by atoms with Crippen LogP contribution in [0.1, 0.15) is 74.8 Å². The Labute approximate surface area is 454 Å². The SMILES string of the molecule is [2H]C([2H])(c1cc(-c2cccc3c4ccccc4c4ccccc4c4cccc5c4n(c23)CN5c2cccc(Oc3ccc4c5cc(-c6ccccc6)ccc5n(-c5cc(C(C)(C)C)ccn5)c4c3)c2)cc(C(C)(C)C)c1)C(C)C. The van der Waals surface area contributed by atoms with Crippen LogP contribution in [0.25, 0.3) is 93.2 Å². The fourth-order valence-electron chi connectivity index (χ4n) is 11.7. The van der Waals surface area contributed by atoms with Gasteiger partial charge in [0.15, 0.2) is 0 Å². The van der Waals surface area contributed by atoms with E-state index in [0.717, 1.165) is 105 Å². The zero-order chi connectivity index (χ0) is 54.5. The molecule has 12 aromatic rings. The van der Waals surface area contributed by atoms with Crippen molar-refractivity contribution < 1.29 is 7.48 Å². The van der Waals surface area contributed by atoms with Crippen LogP contribution in [0.2, 0.25) is 0 Å². The second kappa shape index (κ2) is 18.6. The van der Waals surface area contributed by atoms with Crippen LogP contribution in [-0.2, 0) is 23.9 Å². The van der Waals surface area contributed by atoms with Crippen molar-refractivity contribution in [2.24, 2.45) is 5.92 Å². The highest BCUT2D eigenvalue weighted by Gasteiger charge is 2.27. The van der Waals surface area contributed by atoms with E-state index >= 15 is 0 Å². The molecule has 4 heterocycles. The van der Waals surface area contributed by atoms with Gasteiger partial charge in [0, 0.05) is 53.9 Å². The fraction of sp³-hybridized carbons (Fsp3) is 0.181. The van der Waals surface area contributed by atoms with E-state index < -0.39 is 6.37 Å². The highest BCUT2D eigenvalue weighted by molar-refractivity contribution is 6.22. The Hall–Kier alpha value is -8.67. The van der Waals surface area contributed by atoms with E-state index in [1.54, 1.807) is 0 Å². The molecule has 0 saturated heterocycles. The topological polar surface area (TPSA) is 35.2 Å². The van der Waals surface area contributed by atoms with Crippen molar-refractivity contribution in [2.45, 2.75) is 79.3 Å². The minimum absolute atomic E-state index is 0.0595.